The van der Waals surface area contributed by atoms with Crippen molar-refractivity contribution in [3.05, 3.63) is 23.9 Å². The fourth-order valence-electron chi connectivity index (χ4n) is 2.62. The van der Waals surface area contributed by atoms with Crippen molar-refractivity contribution in [1.29, 1.82) is 0 Å². The summed E-state index contributed by atoms with van der Waals surface area (Å²) in [7, 11) is 2.24. The van der Waals surface area contributed by atoms with Crippen molar-refractivity contribution >= 4 is 6.21 Å². The Bertz CT molecular complexity index is 307. The van der Waals surface area contributed by atoms with E-state index in [0.717, 1.165) is 18.5 Å². The molecule has 1 fully saturated rings. The minimum absolute atomic E-state index is 0.750. The molecule has 0 aromatic carbocycles. The van der Waals surface area contributed by atoms with E-state index < -0.39 is 0 Å². The van der Waals surface area contributed by atoms with Crippen molar-refractivity contribution in [2.45, 2.75) is 52.5 Å². The van der Waals surface area contributed by atoms with Gasteiger partial charge in [0.25, 0.3) is 0 Å². The van der Waals surface area contributed by atoms with E-state index in [1.165, 1.54) is 31.3 Å². The number of rotatable bonds is 5. The summed E-state index contributed by atoms with van der Waals surface area (Å²) in [5.74, 6) is 0.921. The Morgan fingerprint density at radius 2 is 1.89 bits per heavy atom. The highest BCUT2D eigenvalue weighted by Gasteiger charge is 2.21. The number of hydrogen-bond donors (Lipinski definition) is 0. The molecule has 18 heavy (non-hydrogen) atoms. The van der Waals surface area contributed by atoms with Crippen LogP contribution in [0.2, 0.25) is 0 Å². The van der Waals surface area contributed by atoms with Crippen molar-refractivity contribution in [2.24, 2.45) is 10.9 Å². The van der Waals surface area contributed by atoms with Crippen LogP contribution < -0.4 is 0 Å². The van der Waals surface area contributed by atoms with Gasteiger partial charge in [0.1, 0.15) is 0 Å². The maximum atomic E-state index is 4.24. The zero-order chi connectivity index (χ0) is 13.4. The van der Waals surface area contributed by atoms with Gasteiger partial charge in [-0.1, -0.05) is 19.1 Å². The van der Waals surface area contributed by atoms with Crippen molar-refractivity contribution in [1.82, 2.24) is 4.90 Å². The fourth-order valence-corrected chi connectivity index (χ4v) is 2.62. The van der Waals surface area contributed by atoms with Crippen LogP contribution in [0.3, 0.4) is 0 Å². The third-order valence-electron chi connectivity index (χ3n) is 3.81. The van der Waals surface area contributed by atoms with Gasteiger partial charge in [-0.05, 0) is 58.1 Å². The summed E-state index contributed by atoms with van der Waals surface area (Å²) in [5, 5.41) is 0. The zero-order valence-electron chi connectivity index (χ0n) is 12.4. The van der Waals surface area contributed by atoms with Crippen molar-refractivity contribution in [3.63, 3.8) is 0 Å². The third kappa shape index (κ3) is 5.18. The van der Waals surface area contributed by atoms with E-state index >= 15 is 0 Å². The molecule has 0 spiro atoms. The highest BCUT2D eigenvalue weighted by atomic mass is 15.1. The highest BCUT2D eigenvalue weighted by Crippen LogP contribution is 2.26. The molecule has 1 aliphatic rings. The van der Waals surface area contributed by atoms with Crippen LogP contribution in [-0.4, -0.2) is 30.7 Å². The molecule has 0 heterocycles. The van der Waals surface area contributed by atoms with Gasteiger partial charge in [-0.15, -0.1) is 0 Å². The molecule has 0 aliphatic heterocycles. The summed E-state index contributed by atoms with van der Waals surface area (Å²) < 4.78 is 0. The van der Waals surface area contributed by atoms with E-state index in [-0.39, 0.29) is 0 Å². The van der Waals surface area contributed by atoms with E-state index in [2.05, 4.69) is 42.9 Å². The van der Waals surface area contributed by atoms with Crippen molar-refractivity contribution < 1.29 is 0 Å². The molecule has 1 rings (SSSR count). The summed E-state index contributed by atoms with van der Waals surface area (Å²) >= 11 is 0. The average Bonchev–Trinajstić information content (AvgIpc) is 2.37. The summed E-state index contributed by atoms with van der Waals surface area (Å²) in [6, 6.07) is 0.750. The van der Waals surface area contributed by atoms with Crippen LogP contribution in [0.25, 0.3) is 0 Å². The lowest BCUT2D eigenvalue weighted by molar-refractivity contribution is 0.182. The molecule has 2 heteroatoms. The molecule has 0 saturated heterocycles. The van der Waals surface area contributed by atoms with E-state index in [4.69, 9.17) is 0 Å². The average molecular weight is 248 g/mol. The van der Waals surface area contributed by atoms with Gasteiger partial charge in [-0.2, -0.15) is 0 Å². The molecule has 1 saturated carbocycles. The van der Waals surface area contributed by atoms with Gasteiger partial charge in [-0.3, -0.25) is 9.89 Å². The third-order valence-corrected chi connectivity index (χ3v) is 3.81. The van der Waals surface area contributed by atoms with E-state index in [0.29, 0.717) is 0 Å². The maximum absolute atomic E-state index is 4.24. The summed E-state index contributed by atoms with van der Waals surface area (Å²) in [5.41, 5.74) is 1.29. The Labute approximate surface area is 112 Å². The highest BCUT2D eigenvalue weighted by molar-refractivity contribution is 5.54. The number of likely N-dealkylation sites (N-methyl/N-ethyl adjacent to an activating group) is 1. The van der Waals surface area contributed by atoms with Crippen LogP contribution >= 0.6 is 0 Å². The predicted octanol–water partition coefficient (Wildman–Crippen LogP) is 4.05. The first-order valence-electron chi connectivity index (χ1n) is 7.17. The predicted molar refractivity (Wildman–Crippen MR) is 81.1 cm³/mol. The van der Waals surface area contributed by atoms with Crippen LogP contribution in [0.1, 0.15) is 46.5 Å². The van der Waals surface area contributed by atoms with Crippen LogP contribution in [0.5, 0.6) is 0 Å². The van der Waals surface area contributed by atoms with E-state index in [9.17, 15) is 0 Å². The smallest absolute Gasteiger partial charge is 0.0308 e. The topological polar surface area (TPSA) is 15.6 Å². The second-order valence-corrected chi connectivity index (χ2v) is 5.44. The molecular formula is C16H28N2. The van der Waals surface area contributed by atoms with Gasteiger partial charge < -0.3 is 0 Å². The normalized spacial score (nSPS) is 26.6. The van der Waals surface area contributed by atoms with Crippen LogP contribution in [0.4, 0.5) is 0 Å². The Balaban J connectivity index is 2.53. The molecule has 1 aliphatic carbocycles. The van der Waals surface area contributed by atoms with Gasteiger partial charge in [0.2, 0.25) is 0 Å². The number of hydrogen-bond acceptors (Lipinski definition) is 2. The van der Waals surface area contributed by atoms with Gasteiger partial charge in [0.05, 0.1) is 0 Å². The molecule has 0 atom stereocenters. The van der Waals surface area contributed by atoms with Crippen LogP contribution in [0, 0.1) is 5.92 Å². The summed E-state index contributed by atoms with van der Waals surface area (Å²) in [6.45, 7) is 7.39. The zero-order valence-corrected chi connectivity index (χ0v) is 12.4. The lowest BCUT2D eigenvalue weighted by Crippen LogP contribution is -2.35. The summed E-state index contributed by atoms with van der Waals surface area (Å²) in [6.07, 6.45) is 13.5. The molecular weight excluding hydrogens is 220 g/mol. The molecule has 0 aromatic heterocycles. The Morgan fingerprint density at radius 3 is 2.44 bits per heavy atom. The van der Waals surface area contributed by atoms with Gasteiger partial charge in [0, 0.05) is 25.0 Å². The maximum Gasteiger partial charge on any atom is 0.0308 e. The van der Waals surface area contributed by atoms with E-state index in [1.54, 1.807) is 0 Å². The Kier molecular flexibility index (Phi) is 6.96. The largest absolute Gasteiger partial charge is 0.299 e. The second kappa shape index (κ2) is 8.25. The molecule has 0 aromatic rings. The Hall–Kier alpha value is -0.890. The molecule has 0 radical (unpaired) electrons. The first-order chi connectivity index (χ1) is 8.67. The van der Waals surface area contributed by atoms with Gasteiger partial charge >= 0.3 is 0 Å². The molecule has 2 nitrogen and oxygen atoms in total. The van der Waals surface area contributed by atoms with Gasteiger partial charge in [0.15, 0.2) is 0 Å². The molecule has 0 bridgehead atoms. The SMILES string of the molecule is C\C=C/C(=C\N=C/C)CN(C)C1CCC(C)CC1. The van der Waals surface area contributed by atoms with Crippen LogP contribution in [0.15, 0.2) is 28.9 Å². The quantitative estimate of drug-likeness (QED) is 0.529. The number of allylic oxidation sites excluding steroid dienone is 1. The monoisotopic (exact) mass is 248 g/mol. The number of nitrogens with zero attached hydrogens (tertiary/aromatic N) is 2. The minimum atomic E-state index is 0.750. The molecule has 0 unspecified atom stereocenters. The Morgan fingerprint density at radius 1 is 1.22 bits per heavy atom. The van der Waals surface area contributed by atoms with Crippen molar-refractivity contribution in [3.8, 4) is 0 Å². The lowest BCUT2D eigenvalue weighted by Gasteiger charge is -2.33. The van der Waals surface area contributed by atoms with E-state index in [1.807, 2.05) is 19.3 Å². The second-order valence-electron chi connectivity index (χ2n) is 5.44. The fraction of sp³-hybridized carbons (Fsp3) is 0.688. The van der Waals surface area contributed by atoms with Gasteiger partial charge in [-0.25, -0.2) is 0 Å². The standard InChI is InChI=1S/C16H28N2/c1-5-7-15(12-17-6-2)13-18(4)16-10-8-14(3)9-11-16/h5-7,12,14,16H,8-11,13H2,1-4H3/b7-5-,15-12+,17-6-. The first-order valence-corrected chi connectivity index (χ1v) is 7.17. The number of aliphatic imine (C=N–C) groups is 1. The van der Waals surface area contributed by atoms with Crippen molar-refractivity contribution in [2.75, 3.05) is 13.6 Å². The minimum Gasteiger partial charge on any atom is -0.299 e. The lowest BCUT2D eigenvalue weighted by atomic mass is 9.86. The summed E-state index contributed by atoms with van der Waals surface area (Å²) in [4.78, 5) is 6.73. The molecule has 0 amide bonds. The molecule has 0 N–H and O–H groups in total. The van der Waals surface area contributed by atoms with Crippen LogP contribution in [-0.2, 0) is 0 Å². The first kappa shape index (κ1) is 15.2. The molecule has 102 valence electrons.